The van der Waals surface area contributed by atoms with Gasteiger partial charge in [-0.2, -0.15) is 0 Å². The van der Waals surface area contributed by atoms with E-state index < -0.39 is 11.7 Å². The molecule has 2 atom stereocenters. The maximum absolute atomic E-state index is 13.1. The van der Waals surface area contributed by atoms with Gasteiger partial charge in [0.1, 0.15) is 11.4 Å². The van der Waals surface area contributed by atoms with Crippen molar-refractivity contribution >= 4 is 12.0 Å². The van der Waals surface area contributed by atoms with E-state index >= 15 is 0 Å². The number of ether oxygens (including phenoxy) is 1. The molecule has 1 aliphatic rings. The number of carbonyl (C=O) groups excluding carboxylic acids is 2. The summed E-state index contributed by atoms with van der Waals surface area (Å²) in [4.78, 5) is 30.6. The minimum atomic E-state index is -0.544. The van der Waals surface area contributed by atoms with E-state index in [4.69, 9.17) is 9.15 Å². The zero-order valence-corrected chi connectivity index (χ0v) is 18.5. The van der Waals surface area contributed by atoms with Gasteiger partial charge in [-0.3, -0.25) is 4.79 Å². The van der Waals surface area contributed by atoms with Gasteiger partial charge in [0.2, 0.25) is 5.91 Å². The Morgan fingerprint density at radius 2 is 2.03 bits per heavy atom. The molecular weight excluding hydrogens is 401 g/mol. The van der Waals surface area contributed by atoms with Crippen LogP contribution in [0.25, 0.3) is 11.3 Å². The Morgan fingerprint density at radius 1 is 1.32 bits per heavy atom. The fraction of sp³-hybridized carbons (Fsp3) is 0.522. The quantitative estimate of drug-likeness (QED) is 0.742. The number of aryl methyl sites for hydroxylation is 1. The van der Waals surface area contributed by atoms with Crippen LogP contribution >= 0.6 is 0 Å². The Hall–Kier alpha value is -2.90. The number of aromatic nitrogens is 1. The molecular formula is C23H30FN3O4. The van der Waals surface area contributed by atoms with E-state index in [1.54, 1.807) is 18.3 Å². The number of carbonyl (C=O) groups is 2. The molecule has 1 saturated heterocycles. The Balaban J connectivity index is 1.45. The van der Waals surface area contributed by atoms with Gasteiger partial charge in [0, 0.05) is 37.5 Å². The number of oxazole rings is 1. The topological polar surface area (TPSA) is 84.7 Å². The highest BCUT2D eigenvalue weighted by molar-refractivity contribution is 5.76. The number of benzene rings is 1. The molecule has 2 heterocycles. The molecule has 0 radical (unpaired) electrons. The van der Waals surface area contributed by atoms with Gasteiger partial charge in [0.15, 0.2) is 11.7 Å². The number of hydrogen-bond donors (Lipinski definition) is 1. The second kappa shape index (κ2) is 9.49. The first-order valence-corrected chi connectivity index (χ1v) is 10.6. The lowest BCUT2D eigenvalue weighted by molar-refractivity contribution is -0.130. The van der Waals surface area contributed by atoms with Gasteiger partial charge in [-0.15, -0.1) is 0 Å². The van der Waals surface area contributed by atoms with Crippen LogP contribution in [-0.4, -0.2) is 46.6 Å². The fourth-order valence-electron chi connectivity index (χ4n) is 3.58. The van der Waals surface area contributed by atoms with Crippen LogP contribution in [0, 0.1) is 11.7 Å². The number of nitrogens with one attached hydrogen (secondary N) is 1. The monoisotopic (exact) mass is 431 g/mol. The van der Waals surface area contributed by atoms with Crippen LogP contribution in [0.15, 0.2) is 34.9 Å². The summed E-state index contributed by atoms with van der Waals surface area (Å²) in [6.45, 7) is 8.67. The Bertz CT molecular complexity index is 904. The first-order chi connectivity index (χ1) is 14.6. The average molecular weight is 432 g/mol. The number of halogens is 1. The Labute approximate surface area is 182 Å². The van der Waals surface area contributed by atoms with Crippen LogP contribution in [0.2, 0.25) is 0 Å². The van der Waals surface area contributed by atoms with Crippen molar-refractivity contribution < 1.29 is 23.1 Å². The number of hydrogen-bond acceptors (Lipinski definition) is 5. The lowest BCUT2D eigenvalue weighted by atomic mass is 10.0. The van der Waals surface area contributed by atoms with Crippen molar-refractivity contribution in [3.05, 3.63) is 42.2 Å². The molecule has 1 fully saturated rings. The van der Waals surface area contributed by atoms with E-state index in [1.165, 1.54) is 12.1 Å². The predicted molar refractivity (Wildman–Crippen MR) is 114 cm³/mol. The van der Waals surface area contributed by atoms with Gasteiger partial charge in [-0.05, 0) is 64.3 Å². The molecule has 1 N–H and O–H groups in total. The second-order valence-electron chi connectivity index (χ2n) is 8.95. The summed E-state index contributed by atoms with van der Waals surface area (Å²) in [7, 11) is 0. The van der Waals surface area contributed by atoms with E-state index in [-0.39, 0.29) is 23.7 Å². The molecule has 7 nitrogen and oxygen atoms in total. The van der Waals surface area contributed by atoms with Crippen molar-refractivity contribution in [3.63, 3.8) is 0 Å². The highest BCUT2D eigenvalue weighted by atomic mass is 19.1. The van der Waals surface area contributed by atoms with Crippen molar-refractivity contribution in [2.45, 2.75) is 58.6 Å². The van der Waals surface area contributed by atoms with E-state index in [0.29, 0.717) is 37.6 Å². The third kappa shape index (κ3) is 6.54. The van der Waals surface area contributed by atoms with Gasteiger partial charge in [-0.25, -0.2) is 14.2 Å². The zero-order valence-electron chi connectivity index (χ0n) is 18.5. The molecule has 2 amide bonds. The molecule has 1 aliphatic heterocycles. The third-order valence-electron chi connectivity index (χ3n) is 5.26. The van der Waals surface area contributed by atoms with Crippen molar-refractivity contribution in [2.24, 2.45) is 5.92 Å². The third-order valence-corrected chi connectivity index (χ3v) is 5.26. The van der Waals surface area contributed by atoms with E-state index in [9.17, 15) is 14.0 Å². The molecule has 31 heavy (non-hydrogen) atoms. The highest BCUT2D eigenvalue weighted by Gasteiger charge is 2.31. The van der Waals surface area contributed by atoms with Crippen LogP contribution in [0.3, 0.4) is 0 Å². The van der Waals surface area contributed by atoms with Crippen LogP contribution in [0.1, 0.15) is 46.4 Å². The summed E-state index contributed by atoms with van der Waals surface area (Å²) in [5.41, 5.74) is 0.193. The maximum atomic E-state index is 13.1. The summed E-state index contributed by atoms with van der Waals surface area (Å²) >= 11 is 0. The van der Waals surface area contributed by atoms with Gasteiger partial charge >= 0.3 is 6.09 Å². The van der Waals surface area contributed by atoms with Crippen molar-refractivity contribution in [2.75, 3.05) is 13.1 Å². The maximum Gasteiger partial charge on any atom is 0.407 e. The largest absolute Gasteiger partial charge is 0.444 e. The molecule has 2 aromatic rings. The normalized spacial score (nSPS) is 17.5. The van der Waals surface area contributed by atoms with Crippen LogP contribution in [-0.2, 0) is 16.0 Å². The fourth-order valence-corrected chi connectivity index (χ4v) is 3.58. The second-order valence-corrected chi connectivity index (χ2v) is 8.95. The molecule has 0 spiro atoms. The van der Waals surface area contributed by atoms with Gasteiger partial charge in [0.25, 0.3) is 0 Å². The van der Waals surface area contributed by atoms with Gasteiger partial charge in [-0.1, -0.05) is 0 Å². The molecule has 3 rings (SSSR count). The Kier molecular flexibility index (Phi) is 6.97. The first-order valence-electron chi connectivity index (χ1n) is 10.6. The summed E-state index contributed by atoms with van der Waals surface area (Å²) < 4.78 is 24.1. The molecule has 1 aromatic heterocycles. The smallest absolute Gasteiger partial charge is 0.407 e. The summed E-state index contributed by atoms with van der Waals surface area (Å²) in [5, 5.41) is 2.87. The van der Waals surface area contributed by atoms with E-state index in [2.05, 4.69) is 10.3 Å². The Morgan fingerprint density at radius 3 is 2.71 bits per heavy atom. The average Bonchev–Trinajstić information content (AvgIpc) is 3.35. The first kappa shape index (κ1) is 22.8. The number of alkyl carbamates (subject to hydrolysis) is 1. The number of likely N-dealkylation sites (tertiary alicyclic amines) is 1. The summed E-state index contributed by atoms with van der Waals surface area (Å²) in [6.07, 6.45) is 2.67. The van der Waals surface area contributed by atoms with Gasteiger partial charge in [0.05, 0.1) is 6.20 Å². The lowest BCUT2D eigenvalue weighted by Crippen LogP contribution is -2.42. The molecule has 8 heteroatoms. The number of rotatable bonds is 6. The minimum absolute atomic E-state index is 0.0356. The minimum Gasteiger partial charge on any atom is -0.444 e. The highest BCUT2D eigenvalue weighted by Crippen LogP contribution is 2.23. The molecule has 0 aliphatic carbocycles. The summed E-state index contributed by atoms with van der Waals surface area (Å²) in [6, 6.07) is 5.90. The predicted octanol–water partition coefficient (Wildman–Crippen LogP) is 4.18. The van der Waals surface area contributed by atoms with Crippen molar-refractivity contribution in [3.8, 4) is 11.3 Å². The van der Waals surface area contributed by atoms with Crippen molar-refractivity contribution in [1.29, 1.82) is 0 Å². The molecule has 0 bridgehead atoms. The number of amides is 2. The summed E-state index contributed by atoms with van der Waals surface area (Å²) in [5.74, 6) is 0.930. The van der Waals surface area contributed by atoms with Crippen LogP contribution in [0.4, 0.5) is 9.18 Å². The van der Waals surface area contributed by atoms with E-state index in [0.717, 1.165) is 12.0 Å². The lowest BCUT2D eigenvalue weighted by Gasteiger charge is -2.25. The molecule has 0 saturated carbocycles. The van der Waals surface area contributed by atoms with Crippen molar-refractivity contribution in [1.82, 2.24) is 15.2 Å². The SMILES string of the molecule is CC(NC(=O)OC(C)(C)C)C1CCN(C(=O)CCc2ncc(-c3ccc(F)cc3)o2)C1. The number of nitrogens with zero attached hydrogens (tertiary/aromatic N) is 2. The van der Waals surface area contributed by atoms with Crippen LogP contribution < -0.4 is 5.32 Å². The standard InChI is InChI=1S/C23H30FN3O4/c1-15(26-22(29)31-23(2,3)4)17-11-12-27(14-17)21(28)10-9-20-25-13-19(30-20)16-5-7-18(24)8-6-16/h5-8,13,15,17H,9-12,14H2,1-4H3,(H,26,29). The van der Waals surface area contributed by atoms with E-state index in [1.807, 2.05) is 32.6 Å². The molecule has 2 unspecified atom stereocenters. The molecule has 1 aromatic carbocycles. The van der Waals surface area contributed by atoms with Gasteiger partial charge < -0.3 is 19.4 Å². The molecule has 168 valence electrons. The zero-order chi connectivity index (χ0) is 22.6. The van der Waals surface area contributed by atoms with Crippen LogP contribution in [0.5, 0.6) is 0 Å².